The molecule has 4 aromatic heterocycles. The molecule has 8 aromatic rings. The quantitative estimate of drug-likeness (QED) is 0.165. The van der Waals surface area contributed by atoms with E-state index >= 15 is 0 Å². The van der Waals surface area contributed by atoms with Crippen molar-refractivity contribution in [3.05, 3.63) is 200 Å². The Bertz CT molecular complexity index is 2710. The first-order valence-corrected chi connectivity index (χ1v) is 18.9. The fourth-order valence-corrected chi connectivity index (χ4v) is 7.96. The average Bonchev–Trinajstić information content (AvgIpc) is 3.61. The lowest BCUT2D eigenvalue weighted by molar-refractivity contribution is 0.777. The highest BCUT2D eigenvalue weighted by atomic mass is 15.0. The lowest BCUT2D eigenvalue weighted by Gasteiger charge is -2.19. The van der Waals surface area contributed by atoms with E-state index in [1.54, 1.807) is 24.8 Å². The van der Waals surface area contributed by atoms with Crippen LogP contribution >= 0.6 is 0 Å². The second kappa shape index (κ2) is 14.1. The highest BCUT2D eigenvalue weighted by Crippen LogP contribution is 2.38. The van der Waals surface area contributed by atoms with Gasteiger partial charge in [-0.1, -0.05) is 97.1 Å². The lowest BCUT2D eigenvalue weighted by atomic mass is 9.90. The average molecular weight is 708 g/mol. The Morgan fingerprint density at radius 1 is 0.491 bits per heavy atom. The summed E-state index contributed by atoms with van der Waals surface area (Å²) >= 11 is 0. The maximum absolute atomic E-state index is 5.10. The van der Waals surface area contributed by atoms with Crippen LogP contribution in [0.15, 0.2) is 183 Å². The third-order valence-corrected chi connectivity index (χ3v) is 10.8. The fraction of sp³-hybridized carbons (Fsp3) is 0.0800. The molecule has 2 aliphatic carbocycles. The predicted molar refractivity (Wildman–Crippen MR) is 226 cm³/mol. The van der Waals surface area contributed by atoms with Crippen LogP contribution in [0.3, 0.4) is 0 Å². The Kier molecular flexibility index (Phi) is 8.37. The smallest absolute Gasteiger partial charge is 0.136 e. The van der Waals surface area contributed by atoms with Crippen molar-refractivity contribution in [2.45, 2.75) is 25.2 Å². The molecule has 0 fully saturated rings. The number of rotatable bonds is 7. The van der Waals surface area contributed by atoms with Gasteiger partial charge in [0.15, 0.2) is 0 Å². The zero-order valence-electron chi connectivity index (χ0n) is 30.3. The van der Waals surface area contributed by atoms with Gasteiger partial charge < -0.3 is 4.57 Å². The third-order valence-electron chi connectivity index (χ3n) is 10.8. The minimum absolute atomic E-state index is 0.0294. The molecule has 55 heavy (non-hydrogen) atoms. The number of aromatic nitrogens is 5. The molecule has 5 heteroatoms. The van der Waals surface area contributed by atoms with E-state index in [2.05, 4.69) is 148 Å². The topological polar surface area (TPSA) is 56.5 Å². The SMILES string of the molecule is C1=CC(c2ccc(-c3cc(C4=CCC(c5nc(-c6ccncc6)cc(-c6ccncc6)n5)C=C4)cc(-n4c5ccccc5c5ccccc54)c3)cc2)=CCC1. The van der Waals surface area contributed by atoms with Crippen molar-refractivity contribution in [2.75, 3.05) is 0 Å². The van der Waals surface area contributed by atoms with Gasteiger partial charge in [0, 0.05) is 58.3 Å². The van der Waals surface area contributed by atoms with E-state index in [4.69, 9.17) is 9.97 Å². The van der Waals surface area contributed by atoms with Crippen LogP contribution in [0, 0.1) is 0 Å². The molecule has 5 nitrogen and oxygen atoms in total. The lowest BCUT2D eigenvalue weighted by Crippen LogP contribution is -2.07. The summed E-state index contributed by atoms with van der Waals surface area (Å²) in [6, 6.07) is 43.5. The second-order valence-corrected chi connectivity index (χ2v) is 14.2. The van der Waals surface area contributed by atoms with Gasteiger partial charge in [0.25, 0.3) is 0 Å². The summed E-state index contributed by atoms with van der Waals surface area (Å²) in [5.41, 5.74) is 14.6. The Balaban J connectivity index is 1.06. The Morgan fingerprint density at radius 2 is 1.09 bits per heavy atom. The van der Waals surface area contributed by atoms with Crippen LogP contribution < -0.4 is 0 Å². The van der Waals surface area contributed by atoms with Crippen molar-refractivity contribution in [1.82, 2.24) is 24.5 Å². The summed E-state index contributed by atoms with van der Waals surface area (Å²) in [6.45, 7) is 0. The first-order valence-electron chi connectivity index (χ1n) is 18.9. The normalized spacial score (nSPS) is 15.3. The summed E-state index contributed by atoms with van der Waals surface area (Å²) in [5.74, 6) is 0.831. The van der Waals surface area contributed by atoms with Crippen LogP contribution in [-0.4, -0.2) is 24.5 Å². The van der Waals surface area contributed by atoms with Gasteiger partial charge in [0.1, 0.15) is 5.82 Å². The molecule has 262 valence electrons. The van der Waals surface area contributed by atoms with E-state index in [0.29, 0.717) is 0 Å². The zero-order chi connectivity index (χ0) is 36.6. The Hall–Kier alpha value is -6.98. The predicted octanol–water partition coefficient (Wildman–Crippen LogP) is 12.2. The third kappa shape index (κ3) is 6.30. The summed E-state index contributed by atoms with van der Waals surface area (Å²) in [5, 5.41) is 2.51. The Labute approximate surface area is 320 Å². The largest absolute Gasteiger partial charge is 0.309 e. The minimum atomic E-state index is 0.0294. The van der Waals surface area contributed by atoms with Crippen molar-refractivity contribution in [3.63, 3.8) is 0 Å². The number of benzene rings is 4. The highest BCUT2D eigenvalue weighted by Gasteiger charge is 2.20. The van der Waals surface area contributed by atoms with Crippen molar-refractivity contribution < 1.29 is 0 Å². The first-order chi connectivity index (χ1) is 27.2. The molecule has 2 aliphatic rings. The first kappa shape index (κ1) is 32.7. The van der Waals surface area contributed by atoms with E-state index in [0.717, 1.165) is 53.3 Å². The molecular weight excluding hydrogens is 671 g/mol. The number of para-hydroxylation sites is 2. The molecule has 0 spiro atoms. The Morgan fingerprint density at radius 3 is 1.69 bits per heavy atom. The summed E-state index contributed by atoms with van der Waals surface area (Å²) in [6.07, 6.45) is 23.9. The van der Waals surface area contributed by atoms with E-state index in [1.165, 1.54) is 55.2 Å². The van der Waals surface area contributed by atoms with E-state index < -0.39 is 0 Å². The van der Waals surface area contributed by atoms with Gasteiger partial charge >= 0.3 is 0 Å². The molecule has 0 amide bonds. The van der Waals surface area contributed by atoms with Crippen LogP contribution in [0.5, 0.6) is 0 Å². The van der Waals surface area contributed by atoms with Crippen LogP contribution in [0.25, 0.3) is 72.3 Å². The maximum atomic E-state index is 5.10. The minimum Gasteiger partial charge on any atom is -0.309 e. The van der Waals surface area contributed by atoms with Crippen LogP contribution in [0.1, 0.15) is 42.1 Å². The summed E-state index contributed by atoms with van der Waals surface area (Å²) in [4.78, 5) is 18.7. The number of nitrogens with zero attached hydrogens (tertiary/aromatic N) is 5. The zero-order valence-corrected chi connectivity index (χ0v) is 30.3. The highest BCUT2D eigenvalue weighted by molar-refractivity contribution is 6.09. The molecule has 0 bridgehead atoms. The molecule has 0 saturated carbocycles. The van der Waals surface area contributed by atoms with Gasteiger partial charge in [-0.15, -0.1) is 0 Å². The van der Waals surface area contributed by atoms with Gasteiger partial charge in [-0.3, -0.25) is 9.97 Å². The number of fused-ring (bicyclic) bond motifs is 3. The van der Waals surface area contributed by atoms with Gasteiger partial charge in [0.05, 0.1) is 22.4 Å². The molecular formula is C50H37N5. The number of hydrogen-bond acceptors (Lipinski definition) is 4. The van der Waals surface area contributed by atoms with E-state index in [1.807, 2.05) is 24.3 Å². The molecule has 1 unspecified atom stereocenters. The fourth-order valence-electron chi connectivity index (χ4n) is 7.96. The van der Waals surface area contributed by atoms with Gasteiger partial charge in [0.2, 0.25) is 0 Å². The molecule has 0 aliphatic heterocycles. The van der Waals surface area contributed by atoms with Crippen molar-refractivity contribution in [1.29, 1.82) is 0 Å². The van der Waals surface area contributed by atoms with Crippen LogP contribution in [-0.2, 0) is 0 Å². The monoisotopic (exact) mass is 707 g/mol. The maximum Gasteiger partial charge on any atom is 0.136 e. The van der Waals surface area contributed by atoms with E-state index in [-0.39, 0.29) is 5.92 Å². The number of pyridine rings is 2. The van der Waals surface area contributed by atoms with Gasteiger partial charge in [-0.25, -0.2) is 9.97 Å². The summed E-state index contributed by atoms with van der Waals surface area (Å²) < 4.78 is 2.42. The van der Waals surface area contributed by atoms with E-state index in [9.17, 15) is 0 Å². The van der Waals surface area contributed by atoms with Crippen LogP contribution in [0.4, 0.5) is 0 Å². The molecule has 4 aromatic carbocycles. The molecule has 0 N–H and O–H groups in total. The molecule has 0 radical (unpaired) electrons. The van der Waals surface area contributed by atoms with Crippen molar-refractivity contribution in [3.8, 4) is 39.3 Å². The van der Waals surface area contributed by atoms with Gasteiger partial charge in [-0.2, -0.15) is 0 Å². The van der Waals surface area contributed by atoms with Gasteiger partial charge in [-0.05, 0) is 113 Å². The second-order valence-electron chi connectivity index (χ2n) is 14.2. The molecule has 4 heterocycles. The molecule has 0 saturated heterocycles. The summed E-state index contributed by atoms with van der Waals surface area (Å²) in [7, 11) is 0. The van der Waals surface area contributed by atoms with Crippen molar-refractivity contribution in [2.24, 2.45) is 0 Å². The molecule has 1 atom stereocenters. The standard InChI is InChI=1S/C50H37N5/c1-2-8-34(9-3-1)35-14-16-36(17-15-35)41-30-42(32-43(31-41)55-48-12-6-4-10-44(48)45-11-5-7-13-49(45)55)37-18-20-40(21-19-37)50-53-46(38-22-26-51-27-23-38)33-47(54-50)39-24-28-52-29-25-39/h2,4-20,22-33,40H,1,3,21H2. The number of allylic oxidation sites excluding steroid dienone is 8. The molecule has 10 rings (SSSR count). The van der Waals surface area contributed by atoms with Crippen LogP contribution in [0.2, 0.25) is 0 Å². The van der Waals surface area contributed by atoms with Crippen molar-refractivity contribution >= 4 is 33.0 Å². The number of hydrogen-bond donors (Lipinski definition) is 0.